The molecule has 4 N–H and O–H groups in total. The SMILES string of the molecule is NC(=O)[C@H]1CC[C@@H](n2c(Nc3ccc(Cl)c(Cl)c3Cl)nc3cnc(NC4CCOCC4)nc32)CC1. The molecule has 2 fully saturated rings. The number of benzene rings is 1. The Morgan fingerprint density at radius 2 is 1.77 bits per heavy atom. The van der Waals surface area contributed by atoms with Crippen molar-refractivity contribution in [3.05, 3.63) is 33.4 Å². The molecule has 1 aliphatic carbocycles. The molecule has 35 heavy (non-hydrogen) atoms. The maximum Gasteiger partial charge on any atom is 0.224 e. The lowest BCUT2D eigenvalue weighted by Crippen LogP contribution is -2.29. The van der Waals surface area contributed by atoms with Crippen LogP contribution in [0.3, 0.4) is 0 Å². The molecule has 1 aliphatic heterocycles. The van der Waals surface area contributed by atoms with E-state index in [1.165, 1.54) is 0 Å². The molecule has 1 saturated carbocycles. The van der Waals surface area contributed by atoms with Gasteiger partial charge in [-0.1, -0.05) is 34.8 Å². The first-order valence-corrected chi connectivity index (χ1v) is 12.8. The number of fused-ring (bicyclic) bond motifs is 1. The van der Waals surface area contributed by atoms with Crippen LogP contribution in [-0.4, -0.2) is 44.7 Å². The number of ether oxygens (including phenoxy) is 1. The number of primary amides is 1. The van der Waals surface area contributed by atoms with Crippen LogP contribution in [0.1, 0.15) is 44.6 Å². The van der Waals surface area contributed by atoms with Crippen molar-refractivity contribution in [1.82, 2.24) is 19.5 Å². The first kappa shape index (κ1) is 24.4. The molecular weight excluding hydrogens is 513 g/mol. The van der Waals surface area contributed by atoms with Gasteiger partial charge in [0.1, 0.15) is 5.52 Å². The van der Waals surface area contributed by atoms with E-state index in [0.717, 1.165) is 38.9 Å². The van der Waals surface area contributed by atoms with Crippen LogP contribution in [0.15, 0.2) is 18.3 Å². The van der Waals surface area contributed by atoms with E-state index in [9.17, 15) is 4.79 Å². The quantitative estimate of drug-likeness (QED) is 0.362. The van der Waals surface area contributed by atoms with Crippen molar-refractivity contribution < 1.29 is 9.53 Å². The van der Waals surface area contributed by atoms with Gasteiger partial charge < -0.3 is 21.1 Å². The van der Waals surface area contributed by atoms with Crippen molar-refractivity contribution in [3.63, 3.8) is 0 Å². The number of amides is 1. The molecule has 0 unspecified atom stereocenters. The number of hydrogen-bond acceptors (Lipinski definition) is 7. The van der Waals surface area contributed by atoms with Crippen molar-refractivity contribution in [2.75, 3.05) is 23.8 Å². The third-order valence-corrected chi connectivity index (χ3v) is 8.03. The number of aromatic nitrogens is 4. The Bertz CT molecular complexity index is 1240. The van der Waals surface area contributed by atoms with Gasteiger partial charge in [-0.25, -0.2) is 9.97 Å². The predicted octanol–water partition coefficient (Wildman–Crippen LogP) is 5.34. The molecule has 2 aromatic heterocycles. The standard InChI is InChI=1S/C23H26Cl3N7O2/c24-15-5-6-16(19(26)18(15)25)30-23-31-17-11-28-22(29-13-7-9-35-10-8-13)32-21(17)33(23)14-3-1-12(2-4-14)20(27)34/h5-6,11-14H,1-4,7-10H2,(H2,27,34)(H,30,31)(H,28,29,32)/t12-,14+. The number of halogens is 3. The van der Waals surface area contributed by atoms with Crippen molar-refractivity contribution >= 4 is 69.5 Å². The summed E-state index contributed by atoms with van der Waals surface area (Å²) in [5, 5.41) is 7.69. The monoisotopic (exact) mass is 537 g/mol. The van der Waals surface area contributed by atoms with Crippen LogP contribution >= 0.6 is 34.8 Å². The molecular formula is C23H26Cl3N7O2. The van der Waals surface area contributed by atoms with E-state index in [4.69, 9.17) is 55.2 Å². The van der Waals surface area contributed by atoms with Gasteiger partial charge >= 0.3 is 0 Å². The van der Waals surface area contributed by atoms with Crippen LogP contribution in [0.4, 0.5) is 17.6 Å². The Hall–Kier alpha value is -2.33. The second-order valence-corrected chi connectivity index (χ2v) is 10.2. The summed E-state index contributed by atoms with van der Waals surface area (Å²) in [7, 11) is 0. The Morgan fingerprint density at radius 1 is 1.03 bits per heavy atom. The third kappa shape index (κ3) is 5.14. The number of imidazole rings is 1. The minimum absolute atomic E-state index is 0.0745. The lowest BCUT2D eigenvalue weighted by atomic mass is 9.85. The fraction of sp³-hybridized carbons (Fsp3) is 0.478. The molecule has 0 radical (unpaired) electrons. The first-order valence-electron chi connectivity index (χ1n) is 11.7. The number of hydrogen-bond donors (Lipinski definition) is 3. The zero-order chi connectivity index (χ0) is 24.5. The molecule has 1 aromatic carbocycles. The van der Waals surface area contributed by atoms with Crippen LogP contribution in [0.2, 0.25) is 15.1 Å². The minimum Gasteiger partial charge on any atom is -0.381 e. The highest BCUT2D eigenvalue weighted by Gasteiger charge is 2.29. The van der Waals surface area contributed by atoms with E-state index in [2.05, 4.69) is 20.2 Å². The van der Waals surface area contributed by atoms with E-state index < -0.39 is 0 Å². The average molecular weight is 539 g/mol. The summed E-state index contributed by atoms with van der Waals surface area (Å²) in [5.41, 5.74) is 7.50. The molecule has 0 atom stereocenters. The summed E-state index contributed by atoms with van der Waals surface area (Å²) in [6.07, 6.45) is 6.50. The Balaban J connectivity index is 1.51. The fourth-order valence-electron chi connectivity index (χ4n) is 4.78. The van der Waals surface area contributed by atoms with Crippen LogP contribution in [0, 0.1) is 5.92 Å². The summed E-state index contributed by atoms with van der Waals surface area (Å²) < 4.78 is 7.52. The van der Waals surface area contributed by atoms with Crippen molar-refractivity contribution in [3.8, 4) is 0 Å². The van der Waals surface area contributed by atoms with Gasteiger partial charge in [-0.15, -0.1) is 0 Å². The highest BCUT2D eigenvalue weighted by atomic mass is 35.5. The van der Waals surface area contributed by atoms with Crippen LogP contribution < -0.4 is 16.4 Å². The van der Waals surface area contributed by atoms with Crippen molar-refractivity contribution in [1.29, 1.82) is 0 Å². The average Bonchev–Trinajstić information content (AvgIpc) is 3.22. The molecule has 0 spiro atoms. The molecule has 9 nitrogen and oxygen atoms in total. The Kier molecular flexibility index (Phi) is 7.20. The highest BCUT2D eigenvalue weighted by Crippen LogP contribution is 2.40. The molecule has 3 heterocycles. The van der Waals surface area contributed by atoms with Crippen LogP contribution in [-0.2, 0) is 9.53 Å². The molecule has 5 rings (SSSR count). The van der Waals surface area contributed by atoms with E-state index in [1.807, 2.05) is 0 Å². The first-order chi connectivity index (χ1) is 16.9. The van der Waals surface area contributed by atoms with Gasteiger partial charge in [-0.3, -0.25) is 9.36 Å². The summed E-state index contributed by atoms with van der Waals surface area (Å²) in [6, 6.07) is 3.77. The summed E-state index contributed by atoms with van der Waals surface area (Å²) in [5.74, 6) is 0.767. The van der Waals surface area contributed by atoms with Crippen LogP contribution in [0.5, 0.6) is 0 Å². The largest absolute Gasteiger partial charge is 0.381 e. The minimum atomic E-state index is -0.245. The van der Waals surface area contributed by atoms with Gasteiger partial charge in [-0.05, 0) is 50.7 Å². The van der Waals surface area contributed by atoms with E-state index >= 15 is 0 Å². The van der Waals surface area contributed by atoms with Gasteiger partial charge in [0.2, 0.25) is 17.8 Å². The third-order valence-electron chi connectivity index (χ3n) is 6.73. The number of rotatable bonds is 6. The van der Waals surface area contributed by atoms with E-state index in [0.29, 0.717) is 51.6 Å². The maximum absolute atomic E-state index is 11.7. The maximum atomic E-state index is 11.7. The lowest BCUT2D eigenvalue weighted by Gasteiger charge is -2.29. The number of nitrogens with two attached hydrogens (primary N) is 1. The Morgan fingerprint density at radius 3 is 2.49 bits per heavy atom. The zero-order valence-electron chi connectivity index (χ0n) is 18.9. The number of nitrogens with zero attached hydrogens (tertiary/aromatic N) is 4. The van der Waals surface area contributed by atoms with Crippen LogP contribution in [0.25, 0.3) is 11.2 Å². The molecule has 2 aliphatic rings. The number of anilines is 3. The summed E-state index contributed by atoms with van der Waals surface area (Å²) in [4.78, 5) is 25.8. The number of carbonyl (C=O) groups excluding carboxylic acids is 1. The summed E-state index contributed by atoms with van der Waals surface area (Å²) >= 11 is 18.8. The van der Waals surface area contributed by atoms with Crippen molar-refractivity contribution in [2.24, 2.45) is 11.7 Å². The zero-order valence-corrected chi connectivity index (χ0v) is 21.2. The second kappa shape index (κ2) is 10.3. The van der Waals surface area contributed by atoms with E-state index in [1.54, 1.807) is 18.3 Å². The second-order valence-electron chi connectivity index (χ2n) is 8.99. The number of nitrogens with one attached hydrogen (secondary N) is 2. The normalized spacial score (nSPS) is 21.2. The molecule has 1 saturated heterocycles. The highest BCUT2D eigenvalue weighted by molar-refractivity contribution is 6.49. The summed E-state index contributed by atoms with van der Waals surface area (Å²) in [6.45, 7) is 1.44. The predicted molar refractivity (Wildman–Crippen MR) is 138 cm³/mol. The van der Waals surface area contributed by atoms with Crippen molar-refractivity contribution in [2.45, 2.75) is 50.6 Å². The van der Waals surface area contributed by atoms with Gasteiger partial charge in [0.05, 0.1) is 27.0 Å². The Labute approximate surface area is 217 Å². The van der Waals surface area contributed by atoms with Gasteiger partial charge in [0.15, 0.2) is 5.65 Å². The van der Waals surface area contributed by atoms with Gasteiger partial charge in [-0.2, -0.15) is 4.98 Å². The molecule has 1 amide bonds. The fourth-order valence-corrected chi connectivity index (χ4v) is 5.36. The molecule has 0 bridgehead atoms. The molecule has 12 heteroatoms. The smallest absolute Gasteiger partial charge is 0.224 e. The molecule has 186 valence electrons. The van der Waals surface area contributed by atoms with Gasteiger partial charge in [0.25, 0.3) is 0 Å². The number of carbonyl (C=O) groups is 1. The lowest BCUT2D eigenvalue weighted by molar-refractivity contribution is -0.122. The topological polar surface area (TPSA) is 120 Å². The van der Waals surface area contributed by atoms with E-state index in [-0.39, 0.29) is 28.9 Å². The molecule has 3 aromatic rings. The van der Waals surface area contributed by atoms with Gasteiger partial charge in [0, 0.05) is 31.2 Å².